The van der Waals surface area contributed by atoms with Gasteiger partial charge in [0.25, 0.3) is 0 Å². The van der Waals surface area contributed by atoms with Gasteiger partial charge in [0.2, 0.25) is 0 Å². The van der Waals surface area contributed by atoms with E-state index in [0.717, 1.165) is 51.4 Å². The molecule has 0 bridgehead atoms. The molecule has 0 aliphatic heterocycles. The molecule has 0 aromatic rings. The van der Waals surface area contributed by atoms with Crippen LogP contribution < -0.4 is 5.73 Å². The van der Waals surface area contributed by atoms with Crippen LogP contribution in [0.2, 0.25) is 0 Å². The van der Waals surface area contributed by atoms with Gasteiger partial charge < -0.3 is 30.3 Å². The van der Waals surface area contributed by atoms with Crippen LogP contribution in [0.5, 0.6) is 0 Å². The Balaban J connectivity index is 4.66. The van der Waals surface area contributed by atoms with E-state index < -0.39 is 63.8 Å². The third-order valence-electron chi connectivity index (χ3n) is 7.99. The number of allylic oxidation sites excluding steroid dienone is 20. The van der Waals surface area contributed by atoms with Gasteiger partial charge in [0.05, 0.1) is 19.3 Å². The van der Waals surface area contributed by atoms with Gasteiger partial charge in [-0.1, -0.05) is 148 Å². The Morgan fingerprint density at radius 3 is 1.61 bits per heavy atom. The summed E-state index contributed by atoms with van der Waals surface area (Å²) in [6.07, 6.45) is 53.0. The predicted molar refractivity (Wildman–Crippen MR) is 245 cm³/mol. The van der Waals surface area contributed by atoms with Crippen molar-refractivity contribution in [1.29, 1.82) is 0 Å². The van der Waals surface area contributed by atoms with Crippen LogP contribution in [0.15, 0.2) is 134 Å². The van der Waals surface area contributed by atoms with E-state index in [0.29, 0.717) is 32.1 Å². The molecule has 2 unspecified atom stereocenters. The highest BCUT2D eigenvalue weighted by Crippen LogP contribution is 2.43. The first-order valence-electron chi connectivity index (χ1n) is 21.3. The summed E-state index contributed by atoms with van der Waals surface area (Å²) in [7, 11) is -4.77. The fraction of sp³-hybridized carbons (Fsp3) is 0.479. The zero-order valence-electron chi connectivity index (χ0n) is 36.3. The molecule has 0 aliphatic carbocycles. The molecule has 4 atom stereocenters. The number of aliphatic hydroxyl groups is 1. The number of hydrogen-bond donors (Lipinski definition) is 4. The number of unbranched alkanes of at least 4 members (excludes halogenated alkanes) is 1. The second kappa shape index (κ2) is 41.0. The number of phosphoric acid groups is 1. The Labute approximate surface area is 365 Å². The predicted octanol–water partition coefficient (Wildman–Crippen LogP) is 10.4. The van der Waals surface area contributed by atoms with Gasteiger partial charge in [0.15, 0.2) is 6.10 Å². The van der Waals surface area contributed by atoms with Crippen LogP contribution >= 0.6 is 7.82 Å². The summed E-state index contributed by atoms with van der Waals surface area (Å²) >= 11 is 0. The van der Waals surface area contributed by atoms with E-state index in [1.807, 2.05) is 66.8 Å². The summed E-state index contributed by atoms with van der Waals surface area (Å²) in [5, 5.41) is 18.7. The molecule has 0 aliphatic rings. The van der Waals surface area contributed by atoms with E-state index in [-0.39, 0.29) is 12.8 Å². The molecule has 0 fully saturated rings. The second-order valence-electron chi connectivity index (χ2n) is 13.6. The van der Waals surface area contributed by atoms with Crippen molar-refractivity contribution < 1.29 is 52.6 Å². The summed E-state index contributed by atoms with van der Waals surface area (Å²) in [5.41, 5.74) is 5.32. The van der Waals surface area contributed by atoms with Crippen LogP contribution in [-0.2, 0) is 37.5 Å². The number of carbonyl (C=O) groups excluding carboxylic acids is 2. The SMILES string of the molecule is CC/C=C\C/C=C\C/C=C\C/C=C\C/C=C\CCCC(=O)OC[C@H](COP(=O)(O)OC[C@H](N)C(=O)O)OC(=O)CC/C=C\C/C=C\C/C=C\C/C=C/C=C/C(O)C/C=C\CC. The van der Waals surface area contributed by atoms with E-state index >= 15 is 0 Å². The van der Waals surface area contributed by atoms with E-state index in [2.05, 4.69) is 79.1 Å². The number of aliphatic carboxylic acids is 1. The maximum absolute atomic E-state index is 12.6. The summed E-state index contributed by atoms with van der Waals surface area (Å²) in [4.78, 5) is 45.9. The molecule has 0 rings (SSSR count). The molecule has 0 heterocycles. The lowest BCUT2D eigenvalue weighted by atomic mass is 10.2. The number of hydrogen-bond acceptors (Lipinski definition) is 10. The Hall–Kier alpha value is -4.42. The van der Waals surface area contributed by atoms with Gasteiger partial charge in [-0.25, -0.2) is 4.57 Å². The number of esters is 2. The molecular weight excluding hydrogens is 797 g/mol. The minimum Gasteiger partial charge on any atom is -0.480 e. The summed E-state index contributed by atoms with van der Waals surface area (Å²) < 4.78 is 32.5. The second-order valence-corrected chi connectivity index (χ2v) is 15.0. The van der Waals surface area contributed by atoms with Crippen molar-refractivity contribution in [3.63, 3.8) is 0 Å². The lowest BCUT2D eigenvalue weighted by Crippen LogP contribution is -2.34. The summed E-state index contributed by atoms with van der Waals surface area (Å²) in [6.45, 7) is 2.30. The number of ether oxygens (including phenoxy) is 2. The van der Waals surface area contributed by atoms with Crippen LogP contribution in [0.25, 0.3) is 0 Å². The van der Waals surface area contributed by atoms with Gasteiger partial charge in [-0.2, -0.15) is 0 Å². The van der Waals surface area contributed by atoms with Crippen molar-refractivity contribution in [3.05, 3.63) is 134 Å². The van der Waals surface area contributed by atoms with Crippen molar-refractivity contribution in [1.82, 2.24) is 0 Å². The molecule has 0 amide bonds. The Bertz CT molecular complexity index is 1550. The van der Waals surface area contributed by atoms with Gasteiger partial charge in [-0.05, 0) is 83.5 Å². The van der Waals surface area contributed by atoms with Gasteiger partial charge in [0, 0.05) is 12.8 Å². The minimum atomic E-state index is -4.77. The fourth-order valence-electron chi connectivity index (χ4n) is 4.68. The minimum absolute atomic E-state index is 0.00102. The molecule has 0 saturated carbocycles. The molecule has 0 aromatic heterocycles. The van der Waals surface area contributed by atoms with E-state index in [4.69, 9.17) is 24.8 Å². The molecule has 0 spiro atoms. The summed E-state index contributed by atoms with van der Waals surface area (Å²) in [5.74, 6) is -2.61. The highest BCUT2D eigenvalue weighted by atomic mass is 31.2. The number of rotatable bonds is 37. The van der Waals surface area contributed by atoms with Gasteiger partial charge >= 0.3 is 25.7 Å². The maximum atomic E-state index is 12.6. The zero-order valence-corrected chi connectivity index (χ0v) is 37.2. The molecule has 0 radical (unpaired) electrons. The Morgan fingerprint density at radius 2 is 1.07 bits per heavy atom. The number of carboxylic acids is 1. The van der Waals surface area contributed by atoms with Gasteiger partial charge in [-0.3, -0.25) is 23.4 Å². The zero-order chi connectivity index (χ0) is 45.1. The topological polar surface area (TPSA) is 192 Å². The van der Waals surface area contributed by atoms with Crippen LogP contribution in [0.1, 0.15) is 110 Å². The molecule has 0 saturated heterocycles. The molecule has 12 nitrogen and oxygen atoms in total. The average Bonchev–Trinajstić information content (AvgIpc) is 3.23. The van der Waals surface area contributed by atoms with Crippen molar-refractivity contribution in [3.8, 4) is 0 Å². The molecular formula is C48H72NO11P. The summed E-state index contributed by atoms with van der Waals surface area (Å²) in [6, 6.07) is -1.56. The van der Waals surface area contributed by atoms with Crippen molar-refractivity contribution in [2.75, 3.05) is 19.8 Å². The average molecular weight is 870 g/mol. The number of nitrogens with two attached hydrogens (primary N) is 1. The van der Waals surface area contributed by atoms with Crippen molar-refractivity contribution in [2.24, 2.45) is 5.73 Å². The van der Waals surface area contributed by atoms with E-state index in [1.54, 1.807) is 6.08 Å². The highest BCUT2D eigenvalue weighted by molar-refractivity contribution is 7.47. The monoisotopic (exact) mass is 869 g/mol. The van der Waals surface area contributed by atoms with Crippen molar-refractivity contribution >= 4 is 25.7 Å². The van der Waals surface area contributed by atoms with Crippen LogP contribution in [0, 0.1) is 0 Å². The number of carbonyl (C=O) groups is 3. The van der Waals surface area contributed by atoms with E-state index in [9.17, 15) is 28.9 Å². The molecule has 13 heteroatoms. The van der Waals surface area contributed by atoms with Crippen LogP contribution in [-0.4, -0.2) is 71.1 Å². The maximum Gasteiger partial charge on any atom is 0.472 e. The normalized spacial score (nSPS) is 15.5. The molecule has 5 N–H and O–H groups in total. The molecule has 0 aromatic carbocycles. The van der Waals surface area contributed by atoms with Crippen molar-refractivity contribution in [2.45, 2.75) is 128 Å². The smallest absolute Gasteiger partial charge is 0.472 e. The molecule has 340 valence electrons. The Kier molecular flexibility index (Phi) is 38.0. The van der Waals surface area contributed by atoms with E-state index in [1.165, 1.54) is 0 Å². The van der Waals surface area contributed by atoms with Crippen LogP contribution in [0.4, 0.5) is 0 Å². The number of aliphatic hydroxyl groups excluding tert-OH is 1. The first kappa shape index (κ1) is 56.6. The first-order chi connectivity index (χ1) is 29.5. The first-order valence-corrected chi connectivity index (χ1v) is 22.8. The quantitative estimate of drug-likeness (QED) is 0.0152. The third-order valence-corrected chi connectivity index (χ3v) is 8.94. The van der Waals surface area contributed by atoms with Gasteiger partial charge in [0.1, 0.15) is 12.6 Å². The number of phosphoric ester groups is 1. The lowest BCUT2D eigenvalue weighted by Gasteiger charge is -2.20. The Morgan fingerprint density at radius 1 is 0.590 bits per heavy atom. The fourth-order valence-corrected chi connectivity index (χ4v) is 5.46. The lowest BCUT2D eigenvalue weighted by molar-refractivity contribution is -0.161. The third kappa shape index (κ3) is 40.7. The highest BCUT2D eigenvalue weighted by Gasteiger charge is 2.28. The largest absolute Gasteiger partial charge is 0.480 e. The standard InChI is InChI=1S/C48H72NO11P/c1-3-5-7-8-9-10-11-12-13-14-15-18-21-24-27-30-34-38-46(51)57-40-44(41-58-61(55,56)59-42-45(49)48(53)54)60-47(52)39-35-31-28-25-22-19-16-17-20-23-26-29-33-37-43(50)36-32-6-4-2/h5-7,9-10,12-13,15,17-20,22,24,26-29,31-33,37,43-45,50H,3-4,8,11,14,16,21,23,25,30,34-36,38-42,49H2,1-2H3,(H,53,54)(H,55,56)/b7-5-,10-9-,13-12-,18-15-,20-17-,22-19-,27-24-,29-26+,31-28-,32-6-,37-33+/t43?,44-,45+/m1/s1. The number of carboxylic acid groups (broad SMARTS) is 1. The van der Waals surface area contributed by atoms with Gasteiger partial charge in [-0.15, -0.1) is 0 Å². The molecule has 61 heavy (non-hydrogen) atoms. The van der Waals surface area contributed by atoms with Crippen LogP contribution in [0.3, 0.4) is 0 Å².